The molecule has 1 aromatic carbocycles. The second kappa shape index (κ2) is 15.6. The lowest BCUT2D eigenvalue weighted by Gasteiger charge is -2.48. The number of rotatable bonds is 16. The summed E-state index contributed by atoms with van der Waals surface area (Å²) in [5.41, 5.74) is 0.783. The molecule has 1 saturated heterocycles. The van der Waals surface area contributed by atoms with Crippen LogP contribution in [0.4, 0.5) is 0 Å². The van der Waals surface area contributed by atoms with E-state index in [1.165, 1.54) is 0 Å². The van der Waals surface area contributed by atoms with E-state index in [-0.39, 0.29) is 37.2 Å². The highest BCUT2D eigenvalue weighted by atomic mass is 16.5. The summed E-state index contributed by atoms with van der Waals surface area (Å²) in [5, 5.41) is 2.93. The highest BCUT2D eigenvalue weighted by Gasteiger charge is 2.54. The van der Waals surface area contributed by atoms with Gasteiger partial charge in [-0.2, -0.15) is 0 Å². The van der Waals surface area contributed by atoms with Crippen LogP contribution in [0.1, 0.15) is 70.8 Å². The van der Waals surface area contributed by atoms with Crippen LogP contribution in [0.5, 0.6) is 11.5 Å². The lowest BCUT2D eigenvalue weighted by Crippen LogP contribution is -2.54. The summed E-state index contributed by atoms with van der Waals surface area (Å²) in [6, 6.07) is 5.69. The smallest absolute Gasteiger partial charge is 0.318 e. The molecule has 0 aromatic heterocycles. The normalized spacial score (nSPS) is 20.4. The molecule has 9 nitrogen and oxygen atoms in total. The van der Waals surface area contributed by atoms with Gasteiger partial charge in [0.1, 0.15) is 5.41 Å². The Morgan fingerprint density at radius 2 is 1.88 bits per heavy atom. The van der Waals surface area contributed by atoms with E-state index in [1.807, 2.05) is 24.3 Å². The molecule has 2 atom stereocenters. The molecule has 1 aromatic rings. The van der Waals surface area contributed by atoms with E-state index in [0.29, 0.717) is 50.5 Å². The SMILES string of the molecule is CCCCOCCCNC(=O)C[C@@H]1C[C@@]2(C(=O)OCC)CCCC=C2N(CCc2ccc(OC)c(OC)c2)C1=O. The van der Waals surface area contributed by atoms with Crippen molar-refractivity contribution < 1.29 is 33.3 Å². The number of unbranched alkanes of at least 4 members (excludes halogenated alkanes) is 1. The molecule has 0 bridgehead atoms. The van der Waals surface area contributed by atoms with Crippen molar-refractivity contribution in [1.82, 2.24) is 10.2 Å². The summed E-state index contributed by atoms with van der Waals surface area (Å²) in [6.07, 6.45) is 7.95. The first-order valence-electron chi connectivity index (χ1n) is 14.6. The van der Waals surface area contributed by atoms with Crippen LogP contribution in [-0.4, -0.2) is 69.8 Å². The van der Waals surface area contributed by atoms with E-state index < -0.39 is 11.3 Å². The number of methoxy groups -OCH3 is 2. The number of hydrogen-bond acceptors (Lipinski definition) is 7. The molecule has 1 fully saturated rings. The van der Waals surface area contributed by atoms with Crippen molar-refractivity contribution in [2.24, 2.45) is 11.3 Å². The first kappa shape index (κ1) is 31.5. The molecule has 222 valence electrons. The number of piperidine rings is 1. The van der Waals surface area contributed by atoms with Gasteiger partial charge in [0.2, 0.25) is 11.8 Å². The maximum absolute atomic E-state index is 13.8. The van der Waals surface area contributed by atoms with Gasteiger partial charge in [-0.1, -0.05) is 25.5 Å². The van der Waals surface area contributed by atoms with E-state index in [0.717, 1.165) is 43.6 Å². The van der Waals surface area contributed by atoms with Crippen molar-refractivity contribution in [2.75, 3.05) is 47.1 Å². The van der Waals surface area contributed by atoms with E-state index in [9.17, 15) is 14.4 Å². The second-order valence-electron chi connectivity index (χ2n) is 10.5. The summed E-state index contributed by atoms with van der Waals surface area (Å²) in [4.78, 5) is 41.9. The predicted molar refractivity (Wildman–Crippen MR) is 152 cm³/mol. The Balaban J connectivity index is 1.75. The summed E-state index contributed by atoms with van der Waals surface area (Å²) >= 11 is 0. The number of benzene rings is 1. The quantitative estimate of drug-likeness (QED) is 0.237. The van der Waals surface area contributed by atoms with Gasteiger partial charge >= 0.3 is 5.97 Å². The van der Waals surface area contributed by atoms with Crippen LogP contribution in [0.25, 0.3) is 0 Å². The Morgan fingerprint density at radius 3 is 2.60 bits per heavy atom. The lowest BCUT2D eigenvalue weighted by atomic mass is 9.66. The van der Waals surface area contributed by atoms with Gasteiger partial charge in [0.25, 0.3) is 0 Å². The van der Waals surface area contributed by atoms with Gasteiger partial charge in [-0.25, -0.2) is 0 Å². The largest absolute Gasteiger partial charge is 0.493 e. The number of nitrogens with one attached hydrogen (secondary N) is 1. The maximum Gasteiger partial charge on any atom is 0.318 e. The van der Waals surface area contributed by atoms with Crippen LogP contribution >= 0.6 is 0 Å². The zero-order valence-corrected chi connectivity index (χ0v) is 24.6. The molecule has 1 aliphatic carbocycles. The number of carbonyl (C=O) groups is 3. The van der Waals surface area contributed by atoms with Gasteiger partial charge in [0, 0.05) is 44.3 Å². The first-order valence-corrected chi connectivity index (χ1v) is 14.6. The zero-order valence-electron chi connectivity index (χ0n) is 24.6. The van der Waals surface area contributed by atoms with Crippen LogP contribution in [0.3, 0.4) is 0 Å². The number of hydrogen-bond donors (Lipinski definition) is 1. The minimum Gasteiger partial charge on any atom is -0.493 e. The molecule has 0 saturated carbocycles. The average Bonchev–Trinajstić information content (AvgIpc) is 2.96. The predicted octanol–water partition coefficient (Wildman–Crippen LogP) is 4.43. The topological polar surface area (TPSA) is 103 Å². The van der Waals surface area contributed by atoms with Crippen LogP contribution in [-0.2, 0) is 30.3 Å². The zero-order chi connectivity index (χ0) is 29.0. The first-order chi connectivity index (χ1) is 19.4. The fraction of sp³-hybridized carbons (Fsp3) is 0.645. The number of carbonyl (C=O) groups excluding carboxylic acids is 3. The number of esters is 1. The van der Waals surface area contributed by atoms with Crippen molar-refractivity contribution in [3.05, 3.63) is 35.5 Å². The van der Waals surface area contributed by atoms with E-state index >= 15 is 0 Å². The fourth-order valence-corrected chi connectivity index (χ4v) is 5.66. The number of allylic oxidation sites excluding steroid dienone is 1. The summed E-state index contributed by atoms with van der Waals surface area (Å²) in [5.74, 6) is 0.0360. The Labute approximate surface area is 238 Å². The van der Waals surface area contributed by atoms with Gasteiger partial charge in [-0.05, 0) is 69.6 Å². The Bertz CT molecular complexity index is 1040. The molecule has 1 N–H and O–H groups in total. The van der Waals surface area contributed by atoms with Crippen molar-refractivity contribution in [3.8, 4) is 11.5 Å². The number of nitrogens with zero attached hydrogens (tertiary/aromatic N) is 1. The average molecular weight is 559 g/mol. The minimum atomic E-state index is -0.919. The molecular formula is C31H46N2O7. The molecule has 0 spiro atoms. The van der Waals surface area contributed by atoms with Gasteiger partial charge in [0.15, 0.2) is 11.5 Å². The van der Waals surface area contributed by atoms with Gasteiger partial charge in [-0.15, -0.1) is 0 Å². The van der Waals surface area contributed by atoms with Gasteiger partial charge < -0.3 is 29.2 Å². The third kappa shape index (κ3) is 7.77. The molecule has 0 radical (unpaired) electrons. The van der Waals surface area contributed by atoms with E-state index in [4.69, 9.17) is 18.9 Å². The summed E-state index contributed by atoms with van der Waals surface area (Å²) in [7, 11) is 3.18. The summed E-state index contributed by atoms with van der Waals surface area (Å²) < 4.78 is 21.9. The molecule has 40 heavy (non-hydrogen) atoms. The minimum absolute atomic E-state index is 0.0385. The second-order valence-corrected chi connectivity index (χ2v) is 10.5. The molecule has 1 aliphatic heterocycles. The molecule has 0 unspecified atom stereocenters. The van der Waals surface area contributed by atoms with Crippen molar-refractivity contribution in [1.29, 1.82) is 0 Å². The Kier molecular flexibility index (Phi) is 12.3. The molecule has 2 amide bonds. The molecule has 2 aliphatic rings. The fourth-order valence-electron chi connectivity index (χ4n) is 5.66. The maximum atomic E-state index is 13.8. The lowest BCUT2D eigenvalue weighted by molar-refractivity contribution is -0.162. The number of amides is 2. The standard InChI is InChI=1S/C31H46N2O7/c1-5-7-18-39-19-10-16-32-28(34)21-24-22-31(30(36)40-6-2)15-9-8-11-27(31)33(29(24)35)17-14-23-12-13-25(37-3)26(20-23)38-4/h11-13,20,24H,5-10,14-19,21-22H2,1-4H3,(H,32,34)/t24-,31+/m1/s1. The number of likely N-dealkylation sites (tertiary alicyclic amines) is 1. The van der Waals surface area contributed by atoms with Crippen LogP contribution in [0, 0.1) is 11.3 Å². The van der Waals surface area contributed by atoms with Crippen LogP contribution in [0.15, 0.2) is 30.0 Å². The van der Waals surface area contributed by atoms with Crippen molar-refractivity contribution in [3.63, 3.8) is 0 Å². The number of fused-ring (bicyclic) bond motifs is 1. The molecule has 3 rings (SSSR count). The highest BCUT2D eigenvalue weighted by Crippen LogP contribution is 2.50. The van der Waals surface area contributed by atoms with Crippen molar-refractivity contribution >= 4 is 17.8 Å². The Morgan fingerprint density at radius 1 is 1.10 bits per heavy atom. The van der Waals surface area contributed by atoms with Gasteiger partial charge in [0.05, 0.1) is 20.8 Å². The monoisotopic (exact) mass is 558 g/mol. The summed E-state index contributed by atoms with van der Waals surface area (Å²) in [6.45, 7) is 6.36. The Hall–Kier alpha value is -3.07. The number of ether oxygens (including phenoxy) is 4. The third-order valence-corrected chi connectivity index (χ3v) is 7.74. The molecule has 1 heterocycles. The highest BCUT2D eigenvalue weighted by molar-refractivity contribution is 5.92. The molecular weight excluding hydrogens is 512 g/mol. The van der Waals surface area contributed by atoms with Crippen LogP contribution in [0.2, 0.25) is 0 Å². The van der Waals surface area contributed by atoms with E-state index in [1.54, 1.807) is 26.0 Å². The third-order valence-electron chi connectivity index (χ3n) is 7.74. The van der Waals surface area contributed by atoms with Crippen molar-refractivity contribution in [2.45, 2.75) is 71.6 Å². The van der Waals surface area contributed by atoms with Gasteiger partial charge in [-0.3, -0.25) is 14.4 Å². The molecule has 9 heteroatoms. The van der Waals surface area contributed by atoms with E-state index in [2.05, 4.69) is 12.2 Å². The van der Waals surface area contributed by atoms with Crippen LogP contribution < -0.4 is 14.8 Å².